The van der Waals surface area contributed by atoms with Crippen molar-refractivity contribution in [1.29, 1.82) is 0 Å². The minimum atomic E-state index is -1.13. The van der Waals surface area contributed by atoms with Crippen LogP contribution in [0.2, 0.25) is 0 Å². The number of thioether (sulfide) groups is 1. The summed E-state index contributed by atoms with van der Waals surface area (Å²) in [7, 11) is 0. The summed E-state index contributed by atoms with van der Waals surface area (Å²) >= 11 is 1.52. The van der Waals surface area contributed by atoms with Crippen LogP contribution < -0.4 is 10.6 Å². The van der Waals surface area contributed by atoms with Gasteiger partial charge in [0.25, 0.3) is 5.91 Å². The molecule has 0 saturated heterocycles. The van der Waals surface area contributed by atoms with Crippen molar-refractivity contribution in [2.75, 3.05) is 16.4 Å². The average molecular weight is 388 g/mol. The van der Waals surface area contributed by atoms with E-state index in [0.29, 0.717) is 17.9 Å². The number of anilines is 2. The third-order valence-electron chi connectivity index (χ3n) is 3.86. The van der Waals surface area contributed by atoms with Crippen molar-refractivity contribution in [3.8, 4) is 0 Å². The molecule has 8 heteroatoms. The van der Waals surface area contributed by atoms with Crippen LogP contribution in [0.1, 0.15) is 23.7 Å². The Morgan fingerprint density at radius 3 is 2.81 bits per heavy atom. The van der Waals surface area contributed by atoms with Crippen LogP contribution in [0.15, 0.2) is 47.4 Å². The van der Waals surface area contributed by atoms with E-state index in [1.54, 1.807) is 18.2 Å². The summed E-state index contributed by atoms with van der Waals surface area (Å²) in [6, 6.07) is 10.5. The first kappa shape index (κ1) is 18.9. The summed E-state index contributed by atoms with van der Waals surface area (Å²) in [6.07, 6.45) is -0.730. The van der Waals surface area contributed by atoms with Crippen LogP contribution in [0.5, 0.6) is 0 Å². The first-order chi connectivity index (χ1) is 12.9. The summed E-state index contributed by atoms with van der Waals surface area (Å²) in [5.41, 5.74) is 0.762. The van der Waals surface area contributed by atoms with E-state index in [-0.39, 0.29) is 17.2 Å². The lowest BCUT2D eigenvalue weighted by Gasteiger charge is -2.15. The monoisotopic (exact) mass is 388 g/mol. The lowest BCUT2D eigenvalue weighted by Crippen LogP contribution is -2.30. The van der Waals surface area contributed by atoms with E-state index in [1.165, 1.54) is 43.0 Å². The summed E-state index contributed by atoms with van der Waals surface area (Å²) in [4.78, 5) is 37.0. The van der Waals surface area contributed by atoms with Gasteiger partial charge in [0.1, 0.15) is 5.82 Å². The Kier molecular flexibility index (Phi) is 5.75. The molecule has 0 radical (unpaired) electrons. The molecule has 27 heavy (non-hydrogen) atoms. The topological polar surface area (TPSA) is 84.5 Å². The standard InChI is InChI=1S/C19H17FN2O4S/c1-11(18(24)22-14-5-3-2-4-13(14)20)26-19(25)12-6-7-16-15(10-12)21-17(23)8-9-27-16/h2-7,10-11H,8-9H2,1H3,(H,21,23)(H,22,24)/t11-/m0/s1. The van der Waals surface area contributed by atoms with Gasteiger partial charge in [-0.1, -0.05) is 12.1 Å². The number of nitrogens with one attached hydrogen (secondary N) is 2. The third-order valence-corrected chi connectivity index (χ3v) is 4.94. The van der Waals surface area contributed by atoms with E-state index < -0.39 is 23.8 Å². The summed E-state index contributed by atoms with van der Waals surface area (Å²) < 4.78 is 18.8. The van der Waals surface area contributed by atoms with Crippen LogP contribution in [0, 0.1) is 5.82 Å². The SMILES string of the molecule is C[C@H](OC(=O)c1ccc2c(c1)NC(=O)CCS2)C(=O)Nc1ccccc1F. The Morgan fingerprint density at radius 2 is 2.04 bits per heavy atom. The highest BCUT2D eigenvalue weighted by molar-refractivity contribution is 7.99. The number of hydrogen-bond donors (Lipinski definition) is 2. The molecule has 140 valence electrons. The molecule has 0 aromatic heterocycles. The Morgan fingerprint density at radius 1 is 1.26 bits per heavy atom. The number of hydrogen-bond acceptors (Lipinski definition) is 5. The Bertz CT molecular complexity index is 903. The van der Waals surface area contributed by atoms with Crippen LogP contribution in [-0.4, -0.2) is 29.6 Å². The molecular formula is C19H17FN2O4S. The van der Waals surface area contributed by atoms with Gasteiger partial charge in [0.2, 0.25) is 5.91 Å². The molecule has 3 rings (SSSR count). The highest BCUT2D eigenvalue weighted by atomic mass is 32.2. The highest BCUT2D eigenvalue weighted by Gasteiger charge is 2.21. The van der Waals surface area contributed by atoms with Crippen molar-refractivity contribution in [2.45, 2.75) is 24.3 Å². The second kappa shape index (κ2) is 8.22. The molecule has 0 aliphatic carbocycles. The molecule has 0 bridgehead atoms. The maximum atomic E-state index is 13.6. The smallest absolute Gasteiger partial charge is 0.338 e. The largest absolute Gasteiger partial charge is 0.449 e. The number of ether oxygens (including phenoxy) is 1. The zero-order valence-corrected chi connectivity index (χ0v) is 15.3. The lowest BCUT2D eigenvalue weighted by molar-refractivity contribution is -0.123. The van der Waals surface area contributed by atoms with Crippen LogP contribution in [-0.2, 0) is 14.3 Å². The van der Waals surface area contributed by atoms with E-state index in [4.69, 9.17) is 4.74 Å². The molecule has 0 unspecified atom stereocenters. The van der Waals surface area contributed by atoms with Gasteiger partial charge in [-0.3, -0.25) is 9.59 Å². The van der Waals surface area contributed by atoms with Gasteiger partial charge < -0.3 is 15.4 Å². The van der Waals surface area contributed by atoms with E-state index in [2.05, 4.69) is 10.6 Å². The number of carbonyl (C=O) groups excluding carboxylic acids is 3. The number of carbonyl (C=O) groups is 3. The molecule has 0 fully saturated rings. The van der Waals surface area contributed by atoms with Gasteiger partial charge in [-0.15, -0.1) is 11.8 Å². The second-order valence-corrected chi connectivity index (χ2v) is 7.01. The maximum absolute atomic E-state index is 13.6. The predicted octanol–water partition coefficient (Wildman–Crippen LogP) is 3.44. The van der Waals surface area contributed by atoms with Gasteiger partial charge in [0.15, 0.2) is 6.10 Å². The van der Waals surface area contributed by atoms with Crippen molar-refractivity contribution in [2.24, 2.45) is 0 Å². The first-order valence-corrected chi connectivity index (χ1v) is 9.25. The molecule has 1 aliphatic rings. The van der Waals surface area contributed by atoms with Gasteiger partial charge in [-0.05, 0) is 37.3 Å². The Labute approximate surface area is 159 Å². The van der Waals surface area contributed by atoms with Crippen molar-refractivity contribution >= 4 is 40.9 Å². The van der Waals surface area contributed by atoms with Crippen molar-refractivity contribution in [3.63, 3.8) is 0 Å². The molecule has 2 aromatic rings. The molecular weight excluding hydrogens is 371 g/mol. The summed E-state index contributed by atoms with van der Waals surface area (Å²) in [6.45, 7) is 1.40. The molecule has 1 atom stereocenters. The fourth-order valence-electron chi connectivity index (χ4n) is 2.43. The zero-order valence-electron chi connectivity index (χ0n) is 14.5. The van der Waals surface area contributed by atoms with E-state index in [1.807, 2.05) is 0 Å². The number of benzene rings is 2. The number of esters is 1. The quantitative estimate of drug-likeness (QED) is 0.784. The minimum absolute atomic E-state index is 0.00941. The average Bonchev–Trinajstić information content (AvgIpc) is 2.83. The number of amides is 2. The number of rotatable bonds is 4. The fraction of sp³-hybridized carbons (Fsp3) is 0.211. The van der Waals surface area contributed by atoms with Crippen LogP contribution >= 0.6 is 11.8 Å². The predicted molar refractivity (Wildman–Crippen MR) is 100 cm³/mol. The van der Waals surface area contributed by atoms with Crippen molar-refractivity contribution in [3.05, 3.63) is 53.8 Å². The number of fused-ring (bicyclic) bond motifs is 1. The Balaban J connectivity index is 1.67. The molecule has 1 aliphatic heterocycles. The van der Waals surface area contributed by atoms with Gasteiger partial charge in [-0.25, -0.2) is 9.18 Å². The maximum Gasteiger partial charge on any atom is 0.338 e. The van der Waals surface area contributed by atoms with Gasteiger partial charge in [-0.2, -0.15) is 0 Å². The molecule has 6 nitrogen and oxygen atoms in total. The summed E-state index contributed by atoms with van der Waals surface area (Å²) in [5.74, 6) is -1.40. The first-order valence-electron chi connectivity index (χ1n) is 8.27. The number of para-hydroxylation sites is 1. The molecule has 1 heterocycles. The normalized spacial score (nSPS) is 14.4. The Hall–Kier alpha value is -2.87. The van der Waals surface area contributed by atoms with Crippen LogP contribution in [0.4, 0.5) is 15.8 Å². The van der Waals surface area contributed by atoms with Gasteiger partial charge in [0.05, 0.1) is 16.9 Å². The van der Waals surface area contributed by atoms with Crippen LogP contribution in [0.3, 0.4) is 0 Å². The van der Waals surface area contributed by atoms with E-state index in [0.717, 1.165) is 4.90 Å². The van der Waals surface area contributed by atoms with Gasteiger partial charge in [0, 0.05) is 17.1 Å². The van der Waals surface area contributed by atoms with Crippen LogP contribution in [0.25, 0.3) is 0 Å². The minimum Gasteiger partial charge on any atom is -0.449 e. The zero-order chi connectivity index (χ0) is 19.4. The number of halogens is 1. The molecule has 0 spiro atoms. The lowest BCUT2D eigenvalue weighted by atomic mass is 10.2. The fourth-order valence-corrected chi connectivity index (χ4v) is 3.36. The van der Waals surface area contributed by atoms with Crippen molar-refractivity contribution in [1.82, 2.24) is 0 Å². The molecule has 2 N–H and O–H groups in total. The highest BCUT2D eigenvalue weighted by Crippen LogP contribution is 2.31. The molecule has 2 amide bonds. The van der Waals surface area contributed by atoms with E-state index in [9.17, 15) is 18.8 Å². The third kappa shape index (κ3) is 4.65. The van der Waals surface area contributed by atoms with E-state index >= 15 is 0 Å². The van der Waals surface area contributed by atoms with Gasteiger partial charge >= 0.3 is 5.97 Å². The van der Waals surface area contributed by atoms with Crippen molar-refractivity contribution < 1.29 is 23.5 Å². The summed E-state index contributed by atoms with van der Waals surface area (Å²) in [5, 5.41) is 5.12. The molecule has 0 saturated carbocycles. The molecule has 2 aromatic carbocycles. The second-order valence-electron chi connectivity index (χ2n) is 5.87.